The summed E-state index contributed by atoms with van der Waals surface area (Å²) in [5.41, 5.74) is 4.83. The highest BCUT2D eigenvalue weighted by Gasteiger charge is 2.08. The molecule has 3 heteroatoms. The zero-order valence-corrected chi connectivity index (χ0v) is 12.4. The molecule has 0 saturated carbocycles. The summed E-state index contributed by atoms with van der Waals surface area (Å²) in [6, 6.07) is 9.15. The first-order valence-electron chi connectivity index (χ1n) is 6.66. The Kier molecular flexibility index (Phi) is 4.28. The van der Waals surface area contributed by atoms with Gasteiger partial charge < -0.3 is 10.1 Å². The highest BCUT2D eigenvalue weighted by atomic mass is 19.1. The first kappa shape index (κ1) is 14.4. The van der Waals surface area contributed by atoms with E-state index in [1.165, 1.54) is 6.07 Å². The van der Waals surface area contributed by atoms with Crippen molar-refractivity contribution in [3.63, 3.8) is 0 Å². The zero-order chi connectivity index (χ0) is 14.7. The van der Waals surface area contributed by atoms with Crippen LogP contribution in [0.2, 0.25) is 0 Å². The van der Waals surface area contributed by atoms with Crippen molar-refractivity contribution in [2.24, 2.45) is 0 Å². The molecule has 1 N–H and O–H groups in total. The number of benzene rings is 2. The minimum absolute atomic E-state index is 0.181. The zero-order valence-electron chi connectivity index (χ0n) is 12.4. The molecule has 20 heavy (non-hydrogen) atoms. The molecule has 0 radical (unpaired) electrons. The molecule has 0 unspecified atom stereocenters. The quantitative estimate of drug-likeness (QED) is 0.893. The maximum Gasteiger partial charge on any atom is 0.128 e. The molecule has 2 aromatic carbocycles. The molecule has 2 nitrogen and oxygen atoms in total. The minimum atomic E-state index is -0.181. The number of methoxy groups -OCH3 is 1. The maximum atomic E-state index is 13.7. The van der Waals surface area contributed by atoms with Gasteiger partial charge in [0.05, 0.1) is 7.11 Å². The van der Waals surface area contributed by atoms with E-state index >= 15 is 0 Å². The van der Waals surface area contributed by atoms with Crippen molar-refractivity contribution in [3.05, 3.63) is 58.4 Å². The van der Waals surface area contributed by atoms with Gasteiger partial charge in [-0.1, -0.05) is 23.8 Å². The SMILES string of the molecule is COc1c(C)ccc(NCc2cc(C)ccc2F)c1C. The first-order valence-corrected chi connectivity index (χ1v) is 6.66. The lowest BCUT2D eigenvalue weighted by Gasteiger charge is -2.15. The second kappa shape index (κ2) is 5.95. The summed E-state index contributed by atoms with van der Waals surface area (Å²) >= 11 is 0. The monoisotopic (exact) mass is 273 g/mol. The van der Waals surface area contributed by atoms with Crippen LogP contribution in [0.5, 0.6) is 5.75 Å². The van der Waals surface area contributed by atoms with Crippen LogP contribution in [0, 0.1) is 26.6 Å². The van der Waals surface area contributed by atoms with Crippen LogP contribution in [-0.4, -0.2) is 7.11 Å². The lowest BCUT2D eigenvalue weighted by Crippen LogP contribution is -2.04. The van der Waals surface area contributed by atoms with Gasteiger partial charge in [-0.25, -0.2) is 4.39 Å². The third kappa shape index (κ3) is 2.93. The third-order valence-corrected chi connectivity index (χ3v) is 3.48. The molecule has 0 atom stereocenters. The van der Waals surface area contributed by atoms with Gasteiger partial charge in [-0.05, 0) is 38.5 Å². The van der Waals surface area contributed by atoms with E-state index < -0.39 is 0 Å². The molecule has 0 aliphatic heterocycles. The van der Waals surface area contributed by atoms with Crippen molar-refractivity contribution < 1.29 is 9.13 Å². The molecule has 2 aromatic rings. The van der Waals surface area contributed by atoms with Gasteiger partial charge in [-0.3, -0.25) is 0 Å². The Balaban J connectivity index is 2.21. The Hall–Kier alpha value is -2.03. The number of rotatable bonds is 4. The van der Waals surface area contributed by atoms with Gasteiger partial charge in [-0.15, -0.1) is 0 Å². The van der Waals surface area contributed by atoms with Gasteiger partial charge in [0, 0.05) is 23.4 Å². The Bertz CT molecular complexity index is 623. The molecule has 0 heterocycles. The number of aryl methyl sites for hydroxylation is 2. The summed E-state index contributed by atoms with van der Waals surface area (Å²) < 4.78 is 19.1. The van der Waals surface area contributed by atoms with Gasteiger partial charge in [0.1, 0.15) is 11.6 Å². The average molecular weight is 273 g/mol. The van der Waals surface area contributed by atoms with E-state index in [0.29, 0.717) is 12.1 Å². The van der Waals surface area contributed by atoms with Crippen molar-refractivity contribution in [1.29, 1.82) is 0 Å². The fourth-order valence-electron chi connectivity index (χ4n) is 2.36. The Morgan fingerprint density at radius 3 is 2.55 bits per heavy atom. The van der Waals surface area contributed by atoms with Gasteiger partial charge >= 0.3 is 0 Å². The number of hydrogen-bond acceptors (Lipinski definition) is 2. The molecule has 0 fully saturated rings. The van der Waals surface area contributed by atoms with Crippen LogP contribution in [0.15, 0.2) is 30.3 Å². The Labute approximate surface area is 119 Å². The molecule has 0 saturated heterocycles. The van der Waals surface area contributed by atoms with Crippen molar-refractivity contribution >= 4 is 5.69 Å². The summed E-state index contributed by atoms with van der Waals surface area (Å²) in [5, 5.41) is 3.28. The van der Waals surface area contributed by atoms with Gasteiger partial charge in [0.15, 0.2) is 0 Å². The van der Waals surface area contributed by atoms with Crippen molar-refractivity contribution in [1.82, 2.24) is 0 Å². The number of ether oxygens (including phenoxy) is 1. The van der Waals surface area contributed by atoms with Crippen LogP contribution in [0.3, 0.4) is 0 Å². The molecule has 0 aliphatic carbocycles. The number of anilines is 1. The fourth-order valence-corrected chi connectivity index (χ4v) is 2.36. The van der Waals surface area contributed by atoms with Crippen LogP contribution in [-0.2, 0) is 6.54 Å². The van der Waals surface area contributed by atoms with Gasteiger partial charge in [0.25, 0.3) is 0 Å². The second-order valence-corrected chi connectivity index (χ2v) is 5.04. The third-order valence-electron chi connectivity index (χ3n) is 3.48. The molecule has 0 amide bonds. The Morgan fingerprint density at radius 1 is 1.10 bits per heavy atom. The lowest BCUT2D eigenvalue weighted by atomic mass is 10.1. The topological polar surface area (TPSA) is 21.3 Å². The van der Waals surface area contributed by atoms with Crippen molar-refractivity contribution in [3.8, 4) is 5.75 Å². The van der Waals surface area contributed by atoms with Crippen LogP contribution in [0.1, 0.15) is 22.3 Å². The summed E-state index contributed by atoms with van der Waals surface area (Å²) in [5.74, 6) is 0.694. The molecular formula is C17H20FNO. The normalized spacial score (nSPS) is 10.4. The Morgan fingerprint density at radius 2 is 1.85 bits per heavy atom. The maximum absolute atomic E-state index is 13.7. The molecule has 0 aliphatic rings. The lowest BCUT2D eigenvalue weighted by molar-refractivity contribution is 0.409. The smallest absolute Gasteiger partial charge is 0.128 e. The summed E-state index contributed by atoms with van der Waals surface area (Å²) in [4.78, 5) is 0. The van der Waals surface area contributed by atoms with Gasteiger partial charge in [-0.2, -0.15) is 0 Å². The average Bonchev–Trinajstić information content (AvgIpc) is 2.42. The highest BCUT2D eigenvalue weighted by molar-refractivity contribution is 5.59. The second-order valence-electron chi connectivity index (χ2n) is 5.04. The minimum Gasteiger partial charge on any atom is -0.496 e. The fraction of sp³-hybridized carbons (Fsp3) is 0.294. The van der Waals surface area contributed by atoms with E-state index in [2.05, 4.69) is 5.32 Å². The summed E-state index contributed by atoms with van der Waals surface area (Å²) in [7, 11) is 1.67. The van der Waals surface area contributed by atoms with E-state index in [1.807, 2.05) is 39.0 Å². The first-order chi connectivity index (χ1) is 9.52. The van der Waals surface area contributed by atoms with Crippen LogP contribution in [0.25, 0.3) is 0 Å². The van der Waals surface area contributed by atoms with E-state index in [9.17, 15) is 4.39 Å². The van der Waals surface area contributed by atoms with Crippen molar-refractivity contribution in [2.75, 3.05) is 12.4 Å². The molecular weight excluding hydrogens is 253 g/mol. The standard InChI is InChI=1S/C17H20FNO/c1-11-5-7-15(18)14(9-11)10-19-16-8-6-12(2)17(20-4)13(16)3/h5-9,19H,10H2,1-4H3. The van der Waals surface area contributed by atoms with Crippen LogP contribution < -0.4 is 10.1 Å². The van der Waals surface area contributed by atoms with Crippen LogP contribution >= 0.6 is 0 Å². The molecule has 0 aromatic heterocycles. The van der Waals surface area contributed by atoms with E-state index in [0.717, 1.165) is 28.1 Å². The predicted octanol–water partition coefficient (Wildman–Crippen LogP) is 4.37. The molecule has 0 bridgehead atoms. The highest BCUT2D eigenvalue weighted by Crippen LogP contribution is 2.29. The summed E-state index contributed by atoms with van der Waals surface area (Å²) in [6.45, 7) is 6.43. The largest absolute Gasteiger partial charge is 0.496 e. The van der Waals surface area contributed by atoms with Gasteiger partial charge in [0.2, 0.25) is 0 Å². The van der Waals surface area contributed by atoms with E-state index in [4.69, 9.17) is 4.74 Å². The molecule has 0 spiro atoms. The summed E-state index contributed by atoms with van der Waals surface area (Å²) in [6.07, 6.45) is 0. The number of nitrogens with one attached hydrogen (secondary N) is 1. The predicted molar refractivity (Wildman–Crippen MR) is 80.9 cm³/mol. The van der Waals surface area contributed by atoms with E-state index in [-0.39, 0.29) is 5.82 Å². The van der Waals surface area contributed by atoms with Crippen molar-refractivity contribution in [2.45, 2.75) is 27.3 Å². The number of hydrogen-bond donors (Lipinski definition) is 1. The molecule has 2 rings (SSSR count). The number of halogens is 1. The molecule has 106 valence electrons. The van der Waals surface area contributed by atoms with Crippen LogP contribution in [0.4, 0.5) is 10.1 Å². The van der Waals surface area contributed by atoms with E-state index in [1.54, 1.807) is 13.2 Å².